The monoisotopic (exact) mass is 465 g/mol. The fourth-order valence-corrected chi connectivity index (χ4v) is 4.39. The number of hydrogen-bond acceptors (Lipinski definition) is 4. The Morgan fingerprint density at radius 2 is 1.94 bits per heavy atom. The summed E-state index contributed by atoms with van der Waals surface area (Å²) in [5, 5.41) is 7.19. The Hall–Kier alpha value is -3.35. The van der Waals surface area contributed by atoms with Crippen molar-refractivity contribution >= 4 is 45.7 Å². The molecule has 1 atom stereocenters. The van der Waals surface area contributed by atoms with Crippen LogP contribution in [0.5, 0.6) is 0 Å². The molecule has 0 spiro atoms. The van der Waals surface area contributed by atoms with E-state index in [1.54, 1.807) is 24.3 Å². The van der Waals surface area contributed by atoms with E-state index < -0.39 is 6.04 Å². The van der Waals surface area contributed by atoms with Gasteiger partial charge in [0, 0.05) is 27.9 Å². The first-order chi connectivity index (χ1) is 15.6. The number of benzene rings is 2. The van der Waals surface area contributed by atoms with Gasteiger partial charge in [0.1, 0.15) is 17.7 Å². The lowest BCUT2D eigenvalue weighted by Gasteiger charge is -2.18. The Morgan fingerprint density at radius 1 is 1.12 bits per heavy atom. The van der Waals surface area contributed by atoms with Crippen molar-refractivity contribution in [3.8, 4) is 11.1 Å². The molecule has 160 valence electrons. The van der Waals surface area contributed by atoms with Crippen LogP contribution in [-0.4, -0.2) is 27.5 Å². The third kappa shape index (κ3) is 3.51. The van der Waals surface area contributed by atoms with Crippen LogP contribution in [0.15, 0.2) is 81.2 Å². The number of aromatic nitrogens is 1. The van der Waals surface area contributed by atoms with Gasteiger partial charge >= 0.3 is 0 Å². The number of H-pyrrole nitrogens is 1. The number of carbonyl (C=O) groups is 1. The zero-order valence-corrected chi connectivity index (χ0v) is 18.2. The fourth-order valence-electron chi connectivity index (χ4n) is 4.10. The first-order valence-corrected chi connectivity index (χ1v) is 10.9. The maximum atomic E-state index is 13.3. The highest BCUT2D eigenvalue weighted by Crippen LogP contribution is 2.37. The summed E-state index contributed by atoms with van der Waals surface area (Å²) >= 11 is 12.1. The third-order valence-electron chi connectivity index (χ3n) is 5.48. The molecular weight excluding hydrogens is 449 g/mol. The van der Waals surface area contributed by atoms with Crippen LogP contribution < -0.4 is 5.56 Å². The zero-order valence-electron chi connectivity index (χ0n) is 16.7. The lowest BCUT2D eigenvalue weighted by Crippen LogP contribution is -2.27. The molecule has 0 saturated heterocycles. The molecule has 0 fully saturated rings. The average Bonchev–Trinajstić information content (AvgIpc) is 3.48. The molecule has 2 aromatic heterocycles. The van der Waals surface area contributed by atoms with Crippen LogP contribution in [0.1, 0.15) is 23.8 Å². The molecule has 6 nitrogen and oxygen atoms in total. The van der Waals surface area contributed by atoms with Gasteiger partial charge in [-0.15, -0.1) is 11.6 Å². The topological polar surface area (TPSA) is 78.7 Å². The van der Waals surface area contributed by atoms with Crippen LogP contribution in [0, 0.1) is 0 Å². The first-order valence-electron chi connectivity index (χ1n) is 9.97. The zero-order chi connectivity index (χ0) is 22.2. The van der Waals surface area contributed by atoms with Crippen LogP contribution in [0.2, 0.25) is 5.02 Å². The van der Waals surface area contributed by atoms with Crippen molar-refractivity contribution in [3.05, 3.63) is 93.6 Å². The lowest BCUT2D eigenvalue weighted by molar-refractivity contribution is -0.130. The van der Waals surface area contributed by atoms with Crippen molar-refractivity contribution in [1.29, 1.82) is 0 Å². The quantitative estimate of drug-likeness (QED) is 0.412. The fraction of sp³-hybridized carbons (Fsp3) is 0.125. The minimum absolute atomic E-state index is 0.233. The number of halogens is 2. The number of nitrogens with one attached hydrogen (secondary N) is 1. The maximum Gasteiger partial charge on any atom is 0.258 e. The number of carbonyl (C=O) groups excluding carboxylic acids is 1. The van der Waals surface area contributed by atoms with Crippen molar-refractivity contribution in [3.63, 3.8) is 0 Å². The molecule has 0 unspecified atom stereocenters. The minimum atomic E-state index is -0.482. The predicted molar refractivity (Wildman–Crippen MR) is 125 cm³/mol. The van der Waals surface area contributed by atoms with Crippen molar-refractivity contribution in [1.82, 2.24) is 9.99 Å². The minimum Gasteiger partial charge on any atom is -0.467 e. The number of furan rings is 1. The molecule has 1 amide bonds. The van der Waals surface area contributed by atoms with Crippen LogP contribution in [0.4, 0.5) is 0 Å². The Morgan fingerprint density at radius 3 is 2.66 bits per heavy atom. The second-order valence-corrected chi connectivity index (χ2v) is 8.12. The van der Waals surface area contributed by atoms with E-state index in [4.69, 9.17) is 27.6 Å². The van der Waals surface area contributed by atoms with Gasteiger partial charge in [0.25, 0.3) is 11.5 Å². The van der Waals surface area contributed by atoms with Gasteiger partial charge in [-0.3, -0.25) is 9.59 Å². The van der Waals surface area contributed by atoms with Gasteiger partial charge in [-0.05, 0) is 35.9 Å². The predicted octanol–water partition coefficient (Wildman–Crippen LogP) is 5.36. The molecular formula is C24H17Cl2N3O3. The van der Waals surface area contributed by atoms with Crippen LogP contribution in [0.3, 0.4) is 0 Å². The molecule has 2 aromatic carbocycles. The smallest absolute Gasteiger partial charge is 0.258 e. The molecule has 8 heteroatoms. The van der Waals surface area contributed by atoms with Gasteiger partial charge in [0.2, 0.25) is 0 Å². The van der Waals surface area contributed by atoms with E-state index in [0.717, 1.165) is 10.9 Å². The summed E-state index contributed by atoms with van der Waals surface area (Å²) in [5.74, 6) is -0.0308. The largest absolute Gasteiger partial charge is 0.467 e. The number of hydrazone groups is 1. The number of aromatic amines is 1. The van der Waals surface area contributed by atoms with Gasteiger partial charge in [0.15, 0.2) is 0 Å². The molecule has 1 aliphatic heterocycles. The highest BCUT2D eigenvalue weighted by Gasteiger charge is 2.36. The van der Waals surface area contributed by atoms with Crippen molar-refractivity contribution < 1.29 is 9.21 Å². The second kappa shape index (κ2) is 8.30. The third-order valence-corrected chi connectivity index (χ3v) is 5.94. The molecule has 1 N–H and O–H groups in total. The summed E-state index contributed by atoms with van der Waals surface area (Å²) in [4.78, 5) is 28.8. The summed E-state index contributed by atoms with van der Waals surface area (Å²) in [6.07, 6.45) is 1.85. The van der Waals surface area contributed by atoms with E-state index in [-0.39, 0.29) is 17.3 Å². The van der Waals surface area contributed by atoms with E-state index >= 15 is 0 Å². The summed E-state index contributed by atoms with van der Waals surface area (Å²) in [6, 6.07) is 18.0. The first kappa shape index (κ1) is 20.5. The number of hydrogen-bond donors (Lipinski definition) is 1. The van der Waals surface area contributed by atoms with E-state index in [2.05, 4.69) is 10.1 Å². The van der Waals surface area contributed by atoms with E-state index in [1.165, 1.54) is 11.3 Å². The van der Waals surface area contributed by atoms with Gasteiger partial charge in [-0.2, -0.15) is 5.10 Å². The van der Waals surface area contributed by atoms with Crippen LogP contribution in [-0.2, 0) is 4.79 Å². The van der Waals surface area contributed by atoms with E-state index in [0.29, 0.717) is 39.6 Å². The number of rotatable bonds is 4. The van der Waals surface area contributed by atoms with Crippen molar-refractivity contribution in [2.24, 2.45) is 5.10 Å². The van der Waals surface area contributed by atoms with Crippen LogP contribution >= 0.6 is 23.2 Å². The summed E-state index contributed by atoms with van der Waals surface area (Å²) in [5.41, 5.74) is 2.80. The van der Waals surface area contributed by atoms with Gasteiger partial charge < -0.3 is 9.40 Å². The molecule has 0 aliphatic carbocycles. The average molecular weight is 466 g/mol. The number of pyridine rings is 1. The Labute approximate surface area is 193 Å². The highest BCUT2D eigenvalue weighted by atomic mass is 35.5. The van der Waals surface area contributed by atoms with Gasteiger partial charge in [-0.1, -0.05) is 41.9 Å². The Kier molecular flexibility index (Phi) is 5.33. The van der Waals surface area contributed by atoms with Crippen molar-refractivity contribution in [2.45, 2.75) is 12.5 Å². The molecule has 1 aliphatic rings. The number of alkyl halides is 1. The maximum absolute atomic E-state index is 13.3. The lowest BCUT2D eigenvalue weighted by atomic mass is 9.92. The molecule has 4 aromatic rings. The standard InChI is InChI=1S/C24H17Cl2N3O3/c25-13-21(30)29-19(20-7-4-10-32-20)12-18(28-29)23-22(14-5-2-1-3-6-14)16-11-15(26)8-9-17(16)27-24(23)31/h1-11,19H,12-13H2,(H,27,31)/t19-/m1/s1. The number of nitrogens with zero attached hydrogens (tertiary/aromatic N) is 2. The Balaban J connectivity index is 1.76. The van der Waals surface area contributed by atoms with Crippen LogP contribution in [0.25, 0.3) is 22.0 Å². The van der Waals surface area contributed by atoms with E-state index in [1.807, 2.05) is 36.4 Å². The van der Waals surface area contributed by atoms with Gasteiger partial charge in [0.05, 0.1) is 17.5 Å². The molecule has 0 radical (unpaired) electrons. The van der Waals surface area contributed by atoms with Crippen molar-refractivity contribution in [2.75, 3.05) is 5.88 Å². The molecule has 32 heavy (non-hydrogen) atoms. The summed E-state index contributed by atoms with van der Waals surface area (Å²) < 4.78 is 5.54. The van der Waals surface area contributed by atoms with Gasteiger partial charge in [-0.25, -0.2) is 5.01 Å². The molecule has 5 rings (SSSR count). The summed E-state index contributed by atoms with van der Waals surface area (Å²) in [7, 11) is 0. The number of amides is 1. The van der Waals surface area contributed by atoms with E-state index in [9.17, 15) is 9.59 Å². The SMILES string of the molecule is O=C(CCl)N1N=C(c2c(-c3ccccc3)c3cc(Cl)ccc3[nH]c2=O)C[C@@H]1c1ccco1. The number of fused-ring (bicyclic) bond motifs is 1. The summed E-state index contributed by atoms with van der Waals surface area (Å²) in [6.45, 7) is 0. The Bertz CT molecular complexity index is 1400. The highest BCUT2D eigenvalue weighted by molar-refractivity contribution is 6.31. The second-order valence-electron chi connectivity index (χ2n) is 7.41. The normalized spacial score (nSPS) is 15.9. The molecule has 0 saturated carbocycles. The molecule has 0 bridgehead atoms. The molecule has 3 heterocycles.